The molecule has 1 N–H and O–H groups in total. The number of aromatic hydroxyl groups is 1. The Hall–Kier alpha value is -1.86. The van der Waals surface area contributed by atoms with E-state index in [4.69, 9.17) is 0 Å². The molecule has 0 saturated carbocycles. The van der Waals surface area contributed by atoms with Crippen LogP contribution in [0.4, 0.5) is 0 Å². The Morgan fingerprint density at radius 1 is 0.595 bits per heavy atom. The van der Waals surface area contributed by atoms with Crippen LogP contribution in [-0.2, 0) is 43.5 Å². The first kappa shape index (κ1) is 31.4. The van der Waals surface area contributed by atoms with E-state index in [0.717, 1.165) is 23.1 Å². The molecule has 0 spiro atoms. The van der Waals surface area contributed by atoms with E-state index in [1.807, 2.05) is 18.2 Å². The van der Waals surface area contributed by atoms with Crippen molar-refractivity contribution >= 4 is 0 Å². The van der Waals surface area contributed by atoms with Crippen molar-refractivity contribution in [1.29, 1.82) is 0 Å². The number of fused-ring (bicyclic) bond motifs is 3. The minimum atomic E-state index is -0.0999. The fraction of sp³-hybridized carbons (Fsp3) is 0.273. The van der Waals surface area contributed by atoms with Gasteiger partial charge in [0.15, 0.2) is 0 Å². The molecule has 0 unspecified atom stereocenters. The van der Waals surface area contributed by atoms with Gasteiger partial charge in [-0.2, -0.15) is 0 Å². The molecule has 0 amide bonds. The number of phenols is 1. The quantitative estimate of drug-likeness (QED) is 0.327. The number of benzene rings is 4. The molecule has 0 heterocycles. The number of hydrogen-bond donors (Lipinski definition) is 1. The van der Waals surface area contributed by atoms with Crippen LogP contribution in [-0.4, -0.2) is 5.11 Å². The van der Waals surface area contributed by atoms with E-state index in [1.165, 1.54) is 38.9 Å². The second-order valence-corrected chi connectivity index (χ2v) is 11.6. The van der Waals surface area contributed by atoms with E-state index >= 15 is 0 Å². The second-order valence-electron chi connectivity index (χ2n) is 11.6. The van der Waals surface area contributed by atoms with Crippen molar-refractivity contribution in [3.63, 3.8) is 0 Å². The van der Waals surface area contributed by atoms with E-state index in [2.05, 4.69) is 102 Å². The molecular formula is C33H34Cl2OZr. The summed E-state index contributed by atoms with van der Waals surface area (Å²) in [6.07, 6.45) is 0.755. The first-order valence-corrected chi connectivity index (χ1v) is 12.2. The molecule has 0 atom stereocenters. The molecule has 4 aromatic carbocycles. The van der Waals surface area contributed by atoms with Gasteiger partial charge in [-0.15, -0.1) is 0 Å². The molecule has 5 rings (SSSR count). The summed E-state index contributed by atoms with van der Waals surface area (Å²) >= 11 is 0. The molecule has 0 radical (unpaired) electrons. The minimum absolute atomic E-state index is 0. The molecule has 1 aliphatic rings. The third-order valence-corrected chi connectivity index (χ3v) is 7.07. The summed E-state index contributed by atoms with van der Waals surface area (Å²) in [5.74, 6) is 0.434. The van der Waals surface area contributed by atoms with Crippen molar-refractivity contribution < 1.29 is 56.1 Å². The summed E-state index contributed by atoms with van der Waals surface area (Å²) < 4.78 is 0. The standard InChI is InChI=1S/C33H34O.2ClH.Zr/c1-32(2,3)28-19-24-23(17-25(28)21-13-9-7-10-14-21)18-27-26(24)20-29(33(4,5)6)30(31(27)34)22-15-11-8-12-16-22;;;/h7-17,19-20,34H,18H2,1-6H3;2*1H;/q;;;+2/p-2. The Morgan fingerprint density at radius 3 is 1.59 bits per heavy atom. The zero-order chi connectivity index (χ0) is 24.3. The molecule has 0 aromatic heterocycles. The van der Waals surface area contributed by atoms with Gasteiger partial charge in [0.25, 0.3) is 0 Å². The molecular weight excluding hydrogens is 574 g/mol. The number of rotatable bonds is 2. The van der Waals surface area contributed by atoms with Crippen LogP contribution in [0, 0.1) is 0 Å². The van der Waals surface area contributed by atoms with Gasteiger partial charge in [0.05, 0.1) is 0 Å². The molecule has 4 aromatic rings. The summed E-state index contributed by atoms with van der Waals surface area (Å²) in [6, 6.07) is 28.1. The van der Waals surface area contributed by atoms with Gasteiger partial charge in [0.1, 0.15) is 5.75 Å². The molecule has 1 aliphatic carbocycles. The Bertz CT molecular complexity index is 1380. The maximum atomic E-state index is 11.7. The van der Waals surface area contributed by atoms with Crippen molar-refractivity contribution in [2.45, 2.75) is 58.8 Å². The van der Waals surface area contributed by atoms with E-state index in [0.29, 0.717) is 5.75 Å². The van der Waals surface area contributed by atoms with Crippen molar-refractivity contribution in [2.75, 3.05) is 0 Å². The van der Waals surface area contributed by atoms with Crippen LogP contribution in [0.2, 0.25) is 0 Å². The SMILES string of the molecule is CC(C)(C)c1cc2c(cc1-c1ccccc1)Cc1c-2cc(C(C)(C)C)c(-c2ccccc2)c1O.[Cl-].[Cl-].[Zr+2]. The fourth-order valence-electron chi connectivity index (χ4n) is 5.33. The Morgan fingerprint density at radius 2 is 1.08 bits per heavy atom. The second kappa shape index (κ2) is 11.5. The maximum Gasteiger partial charge on any atom is 2.00 e. The predicted molar refractivity (Wildman–Crippen MR) is 145 cm³/mol. The fourth-order valence-corrected chi connectivity index (χ4v) is 5.33. The van der Waals surface area contributed by atoms with Crippen LogP contribution in [0.15, 0.2) is 78.9 Å². The molecule has 1 nitrogen and oxygen atoms in total. The number of hydrogen-bond acceptors (Lipinski definition) is 1. The molecule has 0 bridgehead atoms. The summed E-state index contributed by atoms with van der Waals surface area (Å²) in [5.41, 5.74) is 11.8. The van der Waals surface area contributed by atoms with E-state index < -0.39 is 0 Å². The third kappa shape index (κ3) is 5.78. The zero-order valence-corrected chi connectivity index (χ0v) is 26.4. The van der Waals surface area contributed by atoms with Crippen LogP contribution in [0.3, 0.4) is 0 Å². The smallest absolute Gasteiger partial charge is 1.00 e. The van der Waals surface area contributed by atoms with Gasteiger partial charge in [-0.05, 0) is 73.5 Å². The van der Waals surface area contributed by atoms with Crippen LogP contribution in [0.5, 0.6) is 5.75 Å². The first-order valence-electron chi connectivity index (χ1n) is 12.2. The zero-order valence-electron chi connectivity index (χ0n) is 22.4. The van der Waals surface area contributed by atoms with Crippen molar-refractivity contribution in [1.82, 2.24) is 0 Å². The van der Waals surface area contributed by atoms with Crippen LogP contribution >= 0.6 is 0 Å². The van der Waals surface area contributed by atoms with Crippen LogP contribution in [0.1, 0.15) is 63.8 Å². The van der Waals surface area contributed by atoms with Crippen molar-refractivity contribution in [3.05, 3.63) is 101 Å². The topological polar surface area (TPSA) is 20.2 Å². The van der Waals surface area contributed by atoms with E-state index in [1.54, 1.807) is 0 Å². The van der Waals surface area contributed by atoms with Crippen LogP contribution in [0.25, 0.3) is 33.4 Å². The summed E-state index contributed by atoms with van der Waals surface area (Å²) in [6.45, 7) is 13.6. The largest absolute Gasteiger partial charge is 2.00 e. The maximum absolute atomic E-state index is 11.7. The molecule has 190 valence electrons. The summed E-state index contributed by atoms with van der Waals surface area (Å²) in [4.78, 5) is 0. The molecule has 37 heavy (non-hydrogen) atoms. The Kier molecular flexibility index (Phi) is 9.74. The van der Waals surface area contributed by atoms with E-state index in [9.17, 15) is 5.11 Å². The number of halogens is 2. The molecule has 4 heteroatoms. The van der Waals surface area contributed by atoms with Gasteiger partial charge in [-0.25, -0.2) is 0 Å². The van der Waals surface area contributed by atoms with Crippen molar-refractivity contribution in [3.8, 4) is 39.1 Å². The Balaban J connectivity index is 0.00000160. The average Bonchev–Trinajstić information content (AvgIpc) is 3.16. The number of phenolic OH excluding ortho intramolecular Hbond substituents is 1. The van der Waals surface area contributed by atoms with Gasteiger partial charge >= 0.3 is 26.2 Å². The van der Waals surface area contributed by atoms with Gasteiger partial charge in [-0.3, -0.25) is 0 Å². The predicted octanol–water partition coefficient (Wildman–Crippen LogP) is 2.90. The third-order valence-electron chi connectivity index (χ3n) is 7.07. The van der Waals surface area contributed by atoms with E-state index in [-0.39, 0.29) is 61.8 Å². The molecule has 0 saturated heterocycles. The molecule has 0 fully saturated rings. The van der Waals surface area contributed by atoms with Gasteiger partial charge in [0.2, 0.25) is 0 Å². The van der Waals surface area contributed by atoms with Gasteiger partial charge in [-0.1, -0.05) is 102 Å². The molecule has 0 aliphatic heterocycles. The minimum Gasteiger partial charge on any atom is -1.00 e. The normalized spacial score (nSPS) is 11.9. The first-order chi connectivity index (χ1) is 16.1. The van der Waals surface area contributed by atoms with Crippen molar-refractivity contribution in [2.24, 2.45) is 0 Å². The summed E-state index contributed by atoms with van der Waals surface area (Å²) in [7, 11) is 0. The van der Waals surface area contributed by atoms with Crippen LogP contribution < -0.4 is 24.8 Å². The average molecular weight is 609 g/mol. The Labute approximate surface area is 253 Å². The van der Waals surface area contributed by atoms with Gasteiger partial charge < -0.3 is 29.9 Å². The van der Waals surface area contributed by atoms with Gasteiger partial charge in [0, 0.05) is 17.5 Å². The monoisotopic (exact) mass is 606 g/mol. The summed E-state index contributed by atoms with van der Waals surface area (Å²) in [5, 5.41) is 11.7.